The molecule has 5 heteroatoms. The highest BCUT2D eigenvalue weighted by molar-refractivity contribution is 5.83. The molecule has 24 heavy (non-hydrogen) atoms. The molecule has 4 N–H and O–H groups in total. The second kappa shape index (κ2) is 16.7. The Morgan fingerprint density at radius 1 is 0.875 bits per heavy atom. The predicted molar refractivity (Wildman–Crippen MR) is 98.9 cm³/mol. The summed E-state index contributed by atoms with van der Waals surface area (Å²) in [5, 5.41) is 11.6. The Labute approximate surface area is 147 Å². The first kappa shape index (κ1) is 22.9. The fraction of sp³-hybridized carbons (Fsp3) is 0.895. The van der Waals surface area contributed by atoms with Crippen molar-refractivity contribution in [3.63, 3.8) is 0 Å². The maximum absolute atomic E-state index is 11.8. The molecule has 0 saturated heterocycles. The van der Waals surface area contributed by atoms with Crippen LogP contribution in [0.4, 0.5) is 0 Å². The fourth-order valence-corrected chi connectivity index (χ4v) is 2.80. The number of carboxylic acids is 1. The van der Waals surface area contributed by atoms with E-state index in [9.17, 15) is 9.59 Å². The van der Waals surface area contributed by atoms with Crippen LogP contribution in [0.5, 0.6) is 0 Å². The highest BCUT2D eigenvalue weighted by atomic mass is 16.4. The van der Waals surface area contributed by atoms with Crippen molar-refractivity contribution >= 4 is 11.9 Å². The second-order valence-electron chi connectivity index (χ2n) is 6.67. The molecule has 0 heterocycles. The number of nitrogens with one attached hydrogen (secondary N) is 1. The average molecular weight is 343 g/mol. The number of unbranched alkanes of at least 4 members (excludes halogenated alkanes) is 10. The molecular weight excluding hydrogens is 304 g/mol. The van der Waals surface area contributed by atoms with Crippen molar-refractivity contribution in [1.82, 2.24) is 5.32 Å². The largest absolute Gasteiger partial charge is 0.480 e. The van der Waals surface area contributed by atoms with E-state index in [2.05, 4.69) is 12.2 Å². The lowest BCUT2D eigenvalue weighted by atomic mass is 10.0. The number of nitrogens with two attached hydrogens (primary N) is 1. The van der Waals surface area contributed by atoms with Gasteiger partial charge in [0.05, 0.1) is 0 Å². The van der Waals surface area contributed by atoms with Crippen LogP contribution in [-0.4, -0.2) is 29.6 Å². The lowest BCUT2D eigenvalue weighted by Crippen LogP contribution is -2.40. The standard InChI is InChI=1S/C19H38N2O3/c1-2-3-4-5-6-7-8-9-10-11-12-15-18(22)21-17(19(23)24)14-13-16-20/h17H,2-16,20H2,1H3,(H,21,22)(H,23,24)/t17-/m1/s1. The van der Waals surface area contributed by atoms with E-state index in [-0.39, 0.29) is 5.91 Å². The Morgan fingerprint density at radius 2 is 1.38 bits per heavy atom. The molecule has 0 aliphatic heterocycles. The van der Waals surface area contributed by atoms with Crippen molar-refractivity contribution in [3.8, 4) is 0 Å². The van der Waals surface area contributed by atoms with Gasteiger partial charge >= 0.3 is 5.97 Å². The van der Waals surface area contributed by atoms with Gasteiger partial charge in [0.2, 0.25) is 5.91 Å². The highest BCUT2D eigenvalue weighted by Crippen LogP contribution is 2.12. The van der Waals surface area contributed by atoms with E-state index >= 15 is 0 Å². The smallest absolute Gasteiger partial charge is 0.326 e. The molecule has 0 saturated carbocycles. The minimum atomic E-state index is -0.976. The first-order valence-corrected chi connectivity index (χ1v) is 9.84. The normalized spacial score (nSPS) is 12.1. The number of aliphatic carboxylic acids is 1. The van der Waals surface area contributed by atoms with Crippen LogP contribution in [0.25, 0.3) is 0 Å². The number of amides is 1. The minimum absolute atomic E-state index is 0.157. The van der Waals surface area contributed by atoms with E-state index in [1.807, 2.05) is 0 Å². The molecular formula is C19H38N2O3. The first-order chi connectivity index (χ1) is 11.6. The SMILES string of the molecule is CCCCCCCCCCCCCC(=O)N[C@H](CCCN)C(=O)O. The molecule has 0 aromatic rings. The van der Waals surface area contributed by atoms with Gasteiger partial charge in [-0.05, 0) is 25.8 Å². The maximum Gasteiger partial charge on any atom is 0.326 e. The van der Waals surface area contributed by atoms with Crippen molar-refractivity contribution in [2.75, 3.05) is 6.54 Å². The Morgan fingerprint density at radius 3 is 1.83 bits per heavy atom. The molecule has 142 valence electrons. The van der Waals surface area contributed by atoms with E-state index in [1.54, 1.807) is 0 Å². The molecule has 0 radical (unpaired) electrons. The third-order valence-corrected chi connectivity index (χ3v) is 4.34. The van der Waals surface area contributed by atoms with E-state index in [0.717, 1.165) is 19.3 Å². The molecule has 0 spiro atoms. The number of carbonyl (C=O) groups is 2. The van der Waals surface area contributed by atoms with E-state index in [0.29, 0.717) is 25.8 Å². The van der Waals surface area contributed by atoms with Gasteiger partial charge in [0.15, 0.2) is 0 Å². The van der Waals surface area contributed by atoms with Crippen LogP contribution in [0.2, 0.25) is 0 Å². The molecule has 1 amide bonds. The van der Waals surface area contributed by atoms with E-state index < -0.39 is 12.0 Å². The monoisotopic (exact) mass is 342 g/mol. The number of hydrogen-bond donors (Lipinski definition) is 3. The van der Waals surface area contributed by atoms with Crippen molar-refractivity contribution in [3.05, 3.63) is 0 Å². The Hall–Kier alpha value is -1.10. The zero-order valence-electron chi connectivity index (χ0n) is 15.5. The van der Waals surface area contributed by atoms with Gasteiger partial charge in [-0.2, -0.15) is 0 Å². The fourth-order valence-electron chi connectivity index (χ4n) is 2.80. The summed E-state index contributed by atoms with van der Waals surface area (Å²) in [6.07, 6.45) is 15.1. The second-order valence-corrected chi connectivity index (χ2v) is 6.67. The van der Waals surface area contributed by atoms with Gasteiger partial charge in [0.1, 0.15) is 6.04 Å². The summed E-state index contributed by atoms with van der Waals surface area (Å²) in [7, 11) is 0. The summed E-state index contributed by atoms with van der Waals surface area (Å²) >= 11 is 0. The molecule has 0 bridgehead atoms. The average Bonchev–Trinajstić information content (AvgIpc) is 2.56. The summed E-state index contributed by atoms with van der Waals surface area (Å²) in [4.78, 5) is 22.8. The lowest BCUT2D eigenvalue weighted by molar-refractivity contribution is -0.142. The molecule has 0 aromatic carbocycles. The van der Waals surface area contributed by atoms with E-state index in [4.69, 9.17) is 10.8 Å². The molecule has 0 aromatic heterocycles. The number of rotatable bonds is 17. The molecule has 0 fully saturated rings. The third-order valence-electron chi connectivity index (χ3n) is 4.34. The molecule has 0 unspecified atom stereocenters. The lowest BCUT2D eigenvalue weighted by Gasteiger charge is -2.13. The van der Waals surface area contributed by atoms with Crippen LogP contribution in [0.3, 0.4) is 0 Å². The van der Waals surface area contributed by atoms with Crippen molar-refractivity contribution in [1.29, 1.82) is 0 Å². The van der Waals surface area contributed by atoms with Crippen molar-refractivity contribution in [2.45, 2.75) is 103 Å². The van der Waals surface area contributed by atoms with Gasteiger partial charge in [-0.25, -0.2) is 4.79 Å². The Balaban J connectivity index is 3.49. The van der Waals surface area contributed by atoms with Crippen LogP contribution in [0, 0.1) is 0 Å². The van der Waals surface area contributed by atoms with Gasteiger partial charge < -0.3 is 16.2 Å². The predicted octanol–water partition coefficient (Wildman–Crippen LogP) is 4.00. The van der Waals surface area contributed by atoms with Crippen LogP contribution in [0.15, 0.2) is 0 Å². The van der Waals surface area contributed by atoms with Gasteiger partial charge in [-0.15, -0.1) is 0 Å². The summed E-state index contributed by atoms with van der Waals surface area (Å²) in [6.45, 7) is 2.68. The molecule has 5 nitrogen and oxygen atoms in total. The van der Waals surface area contributed by atoms with Crippen LogP contribution < -0.4 is 11.1 Å². The van der Waals surface area contributed by atoms with Gasteiger partial charge in [-0.1, -0.05) is 71.1 Å². The highest BCUT2D eigenvalue weighted by Gasteiger charge is 2.18. The van der Waals surface area contributed by atoms with Crippen LogP contribution in [-0.2, 0) is 9.59 Å². The van der Waals surface area contributed by atoms with Crippen molar-refractivity contribution < 1.29 is 14.7 Å². The topological polar surface area (TPSA) is 92.4 Å². The van der Waals surface area contributed by atoms with Gasteiger partial charge in [0, 0.05) is 6.42 Å². The summed E-state index contributed by atoms with van der Waals surface area (Å²) in [5.41, 5.74) is 5.38. The van der Waals surface area contributed by atoms with Gasteiger partial charge in [0.25, 0.3) is 0 Å². The Kier molecular flexibility index (Phi) is 16.0. The quantitative estimate of drug-likeness (QED) is 0.348. The molecule has 0 aliphatic carbocycles. The maximum atomic E-state index is 11.8. The van der Waals surface area contributed by atoms with Crippen molar-refractivity contribution in [2.24, 2.45) is 5.73 Å². The summed E-state index contributed by atoms with van der Waals surface area (Å²) in [5.74, 6) is -1.13. The zero-order chi connectivity index (χ0) is 18.0. The molecule has 1 atom stereocenters. The van der Waals surface area contributed by atoms with E-state index in [1.165, 1.54) is 51.4 Å². The van der Waals surface area contributed by atoms with Crippen LogP contribution in [0.1, 0.15) is 96.8 Å². The van der Waals surface area contributed by atoms with Crippen LogP contribution >= 0.6 is 0 Å². The molecule has 0 rings (SSSR count). The zero-order valence-corrected chi connectivity index (χ0v) is 15.5. The number of hydrogen-bond acceptors (Lipinski definition) is 3. The van der Waals surface area contributed by atoms with Gasteiger partial charge in [-0.3, -0.25) is 4.79 Å². The first-order valence-electron chi connectivity index (χ1n) is 9.84. The third kappa shape index (κ3) is 14.5. The summed E-state index contributed by atoms with van der Waals surface area (Å²) < 4.78 is 0. The summed E-state index contributed by atoms with van der Waals surface area (Å²) in [6, 6.07) is -0.797. The molecule has 0 aliphatic rings. The minimum Gasteiger partial charge on any atom is -0.480 e. The number of carbonyl (C=O) groups excluding carboxylic acids is 1. The Bertz CT molecular complexity index is 322. The number of carboxylic acid groups (broad SMARTS) is 1.